The summed E-state index contributed by atoms with van der Waals surface area (Å²) >= 11 is 0. The van der Waals surface area contributed by atoms with Gasteiger partial charge < -0.3 is 19.3 Å². The molecule has 2 aliphatic heterocycles. The van der Waals surface area contributed by atoms with Crippen LogP contribution in [0.15, 0.2) is 212 Å². The number of hydrogen-bond acceptors (Lipinski definition) is 4. The van der Waals surface area contributed by atoms with E-state index in [9.17, 15) is 5.11 Å². The molecule has 10 aromatic carbocycles. The van der Waals surface area contributed by atoms with Crippen molar-refractivity contribution in [1.29, 1.82) is 0 Å². The van der Waals surface area contributed by atoms with Crippen LogP contribution in [0, 0.1) is 0 Å². The van der Waals surface area contributed by atoms with Gasteiger partial charge in [0.25, 0.3) is 0 Å². The molecule has 93 heavy (non-hydrogen) atoms. The second kappa shape index (κ2) is 24.2. The predicted octanol–water partition coefficient (Wildman–Crippen LogP) is 19.8. The van der Waals surface area contributed by atoms with Gasteiger partial charge in [0.05, 0.1) is 0 Å². The van der Waals surface area contributed by atoms with Crippen molar-refractivity contribution in [1.82, 2.24) is 0 Å². The molecule has 476 valence electrons. The fraction of sp³-hybridized carbons (Fsp3) is 0.302. The van der Waals surface area contributed by atoms with E-state index in [-0.39, 0.29) is 32.8 Å². The van der Waals surface area contributed by atoms with Crippen molar-refractivity contribution in [3.8, 4) is 40.2 Å². The maximum absolute atomic E-state index is 11.7. The molecule has 0 atom stereocenters. The lowest BCUT2D eigenvalue weighted by atomic mass is 9.72. The van der Waals surface area contributed by atoms with Crippen molar-refractivity contribution in [3.05, 3.63) is 262 Å². The lowest BCUT2D eigenvalue weighted by Crippen LogP contribution is -2.37. The first-order valence-electron chi connectivity index (χ1n) is 33.0. The molecule has 2 heterocycles. The molecule has 7 heteroatoms. The standard InChI is InChI=1S/C86H93O4P3/c1-80(2,3)55-44-45-70(88-69-43-33-32-42-68(69)87)71(50-55)93(74-53-58(83(10,11)12)48-66-78(74)89-76-64(85(66,16)17)46-56(81(4,5)6)51-72(76)91(60-34-24-20-25-35-60)61-36-26-21-27-37-61)75-54-59(84(13,14)15)49-67-79(75)90-77-65(86(67,18)19)47-57(82(7,8)9)52-73(77)92(62-38-28-22-29-39-62)63-40-30-23-31-41-63/h20-54,87H,1-19H3. The molecular formula is C86H93O4P3. The summed E-state index contributed by atoms with van der Waals surface area (Å²) in [6, 6.07) is 78.2. The van der Waals surface area contributed by atoms with Crippen LogP contribution in [0.1, 0.15) is 182 Å². The lowest BCUT2D eigenvalue weighted by molar-refractivity contribution is 0.412. The summed E-state index contributed by atoms with van der Waals surface area (Å²) in [4.78, 5) is 0. The molecular weight excluding hydrogens is 1190 g/mol. The number of aromatic hydroxyl groups is 1. The molecule has 0 fully saturated rings. The molecule has 1 N–H and O–H groups in total. The first-order valence-corrected chi connectivity index (χ1v) is 37.1. The summed E-state index contributed by atoms with van der Waals surface area (Å²) in [5, 5.41) is 22.3. The molecule has 10 aromatic rings. The molecule has 2 aliphatic rings. The molecule has 0 saturated heterocycles. The van der Waals surface area contributed by atoms with Crippen molar-refractivity contribution in [2.24, 2.45) is 0 Å². The molecule has 0 bridgehead atoms. The maximum atomic E-state index is 11.7. The Hall–Kier alpha value is -7.31. The predicted molar refractivity (Wildman–Crippen MR) is 402 cm³/mol. The molecule has 0 spiro atoms. The normalized spacial score (nSPS) is 14.4. The zero-order valence-electron chi connectivity index (χ0n) is 58.2. The number of para-hydroxylation sites is 2. The first kappa shape index (κ1) is 65.7. The van der Waals surface area contributed by atoms with E-state index in [4.69, 9.17) is 14.2 Å². The van der Waals surface area contributed by atoms with E-state index >= 15 is 0 Å². The van der Waals surface area contributed by atoms with Crippen molar-refractivity contribution < 1.29 is 19.3 Å². The number of ether oxygens (including phenoxy) is 3. The number of phenolic OH excluding ortho intramolecular Hbond substituents is 1. The zero-order chi connectivity index (χ0) is 66.5. The Morgan fingerprint density at radius 3 is 0.849 bits per heavy atom. The van der Waals surface area contributed by atoms with Crippen LogP contribution >= 0.6 is 23.8 Å². The molecule has 4 nitrogen and oxygen atoms in total. The average Bonchev–Trinajstić information content (AvgIpc) is 0.699. The molecule has 0 unspecified atom stereocenters. The smallest absolute Gasteiger partial charge is 0.169 e. The van der Waals surface area contributed by atoms with Crippen LogP contribution in [0.2, 0.25) is 0 Å². The van der Waals surface area contributed by atoms with Gasteiger partial charge in [-0.2, -0.15) is 0 Å². The van der Waals surface area contributed by atoms with Gasteiger partial charge in [0.15, 0.2) is 11.5 Å². The minimum atomic E-state index is -1.77. The number of benzene rings is 10. The summed E-state index contributed by atoms with van der Waals surface area (Å²) in [5.41, 5.74) is 8.43. The fourth-order valence-electron chi connectivity index (χ4n) is 13.1. The van der Waals surface area contributed by atoms with Gasteiger partial charge in [-0.05, 0) is 148 Å². The van der Waals surface area contributed by atoms with Crippen molar-refractivity contribution in [3.63, 3.8) is 0 Å². The summed E-state index contributed by atoms with van der Waals surface area (Å²) in [6.07, 6.45) is 0. The Balaban J connectivity index is 1.24. The van der Waals surface area contributed by atoms with Gasteiger partial charge in [-0.25, -0.2) is 0 Å². The van der Waals surface area contributed by atoms with Gasteiger partial charge in [0.1, 0.15) is 28.7 Å². The van der Waals surface area contributed by atoms with E-state index in [0.29, 0.717) is 11.5 Å². The first-order chi connectivity index (χ1) is 43.7. The van der Waals surface area contributed by atoms with Gasteiger partial charge in [0, 0.05) is 59.6 Å². The van der Waals surface area contributed by atoms with Gasteiger partial charge in [-0.15, -0.1) is 0 Å². The fourth-order valence-corrected chi connectivity index (χ4v) is 20.6. The van der Waals surface area contributed by atoms with Crippen LogP contribution in [-0.2, 0) is 37.9 Å². The van der Waals surface area contributed by atoms with E-state index < -0.39 is 34.6 Å². The highest BCUT2D eigenvalue weighted by Crippen LogP contribution is 2.59. The van der Waals surface area contributed by atoms with Crippen LogP contribution in [0.4, 0.5) is 0 Å². The molecule has 0 radical (unpaired) electrons. The Morgan fingerprint density at radius 2 is 0.559 bits per heavy atom. The quantitative estimate of drug-likeness (QED) is 0.131. The summed E-state index contributed by atoms with van der Waals surface area (Å²) < 4.78 is 23.8. The third kappa shape index (κ3) is 12.6. The summed E-state index contributed by atoms with van der Waals surface area (Å²) in [5.74, 6) is 4.67. The second-order valence-corrected chi connectivity index (χ2v) is 38.3. The summed E-state index contributed by atoms with van der Waals surface area (Å²) in [6.45, 7) is 44.7. The number of rotatable bonds is 11. The van der Waals surface area contributed by atoms with Crippen LogP contribution in [0.3, 0.4) is 0 Å². The van der Waals surface area contributed by atoms with Crippen molar-refractivity contribution in [2.75, 3.05) is 0 Å². The van der Waals surface area contributed by atoms with E-state index in [2.05, 4.69) is 320 Å². The van der Waals surface area contributed by atoms with Gasteiger partial charge >= 0.3 is 0 Å². The van der Waals surface area contributed by atoms with Gasteiger partial charge in [-0.1, -0.05) is 295 Å². The van der Waals surface area contributed by atoms with Crippen molar-refractivity contribution >= 4 is 71.5 Å². The zero-order valence-corrected chi connectivity index (χ0v) is 60.9. The molecule has 0 saturated carbocycles. The Morgan fingerprint density at radius 1 is 0.290 bits per heavy atom. The van der Waals surface area contributed by atoms with Crippen LogP contribution in [0.25, 0.3) is 0 Å². The highest BCUT2D eigenvalue weighted by Gasteiger charge is 2.46. The molecule has 0 amide bonds. The lowest BCUT2D eigenvalue weighted by Gasteiger charge is -2.42. The number of fused-ring (bicyclic) bond motifs is 4. The van der Waals surface area contributed by atoms with Gasteiger partial charge in [-0.3, -0.25) is 0 Å². The van der Waals surface area contributed by atoms with Crippen LogP contribution in [0.5, 0.6) is 40.2 Å². The van der Waals surface area contributed by atoms with Crippen LogP contribution in [-0.4, -0.2) is 5.11 Å². The van der Waals surface area contributed by atoms with Crippen LogP contribution < -0.4 is 62.0 Å². The summed E-state index contributed by atoms with van der Waals surface area (Å²) in [7, 11) is -4.05. The molecule has 0 aliphatic carbocycles. The highest BCUT2D eigenvalue weighted by atomic mass is 31.1. The van der Waals surface area contributed by atoms with E-state index in [0.717, 1.165) is 55.6 Å². The minimum absolute atomic E-state index is 0.0706. The second-order valence-electron chi connectivity index (χ2n) is 31.8. The highest BCUT2D eigenvalue weighted by molar-refractivity contribution is 7.81. The largest absolute Gasteiger partial charge is 0.504 e. The monoisotopic (exact) mass is 1280 g/mol. The molecule has 12 rings (SSSR count). The SMILES string of the molecule is CC(C)(C)c1ccc(Oc2ccccc2O)c(P(c2cc(C(C)(C)C)cc3c2Oc2c(P(c4ccccc4)c4ccccc4)cc(C(C)(C)C)cc2C3(C)C)c2cc(C(C)(C)C)cc3c2Oc2c(P(c4ccccc4)c4ccccc4)cc(C(C)(C)C)cc2C3(C)C)c1. The third-order valence-corrected chi connectivity index (χ3v) is 26.4. The average molecular weight is 1280 g/mol. The van der Waals surface area contributed by atoms with E-state index in [1.54, 1.807) is 6.07 Å². The maximum Gasteiger partial charge on any atom is 0.169 e. The van der Waals surface area contributed by atoms with Gasteiger partial charge in [0.2, 0.25) is 0 Å². The van der Waals surface area contributed by atoms with E-state index in [1.807, 2.05) is 18.2 Å². The minimum Gasteiger partial charge on any atom is -0.504 e. The molecule has 0 aromatic heterocycles. The topological polar surface area (TPSA) is 47.9 Å². The Labute approximate surface area is 559 Å². The van der Waals surface area contributed by atoms with E-state index in [1.165, 1.54) is 65.2 Å². The van der Waals surface area contributed by atoms with Crippen molar-refractivity contribution in [2.45, 2.75) is 169 Å². The Bertz CT molecular complexity index is 4130. The number of phenols is 1. The Kier molecular flexibility index (Phi) is 17.1. The third-order valence-electron chi connectivity index (χ3n) is 19.0. The number of hydrogen-bond donors (Lipinski definition) is 1.